The van der Waals surface area contributed by atoms with E-state index < -0.39 is 18.2 Å². The second kappa shape index (κ2) is 7.33. The summed E-state index contributed by atoms with van der Waals surface area (Å²) >= 11 is 0. The third-order valence-corrected chi connectivity index (χ3v) is 6.46. The molecule has 3 aliphatic heterocycles. The molecule has 4 aliphatic rings. The lowest BCUT2D eigenvalue weighted by Crippen LogP contribution is -2.69. The standard InChI is InChI=1S/C22H25N3O6/c1-14-12-23(10-11-30-14)19(27)13-31-21(29)22-9-8-18(26)25(22)17-5-3-2-4-16(17)20(28)24(22)15-6-7-15/h2-5,14-15H,6-13H2,1H3. The zero-order valence-corrected chi connectivity index (χ0v) is 17.4. The summed E-state index contributed by atoms with van der Waals surface area (Å²) < 4.78 is 10.9. The number of ether oxygens (including phenoxy) is 2. The third-order valence-electron chi connectivity index (χ3n) is 6.46. The molecule has 2 atom stereocenters. The van der Waals surface area contributed by atoms with Gasteiger partial charge >= 0.3 is 5.97 Å². The maximum absolute atomic E-state index is 13.5. The second-order valence-corrected chi connectivity index (χ2v) is 8.57. The van der Waals surface area contributed by atoms with E-state index >= 15 is 0 Å². The topological polar surface area (TPSA) is 96.5 Å². The van der Waals surface area contributed by atoms with Gasteiger partial charge in [0.2, 0.25) is 11.6 Å². The number of rotatable bonds is 4. The summed E-state index contributed by atoms with van der Waals surface area (Å²) in [5.41, 5.74) is -0.689. The highest BCUT2D eigenvalue weighted by atomic mass is 16.5. The van der Waals surface area contributed by atoms with Gasteiger partial charge in [0, 0.05) is 32.0 Å². The molecular weight excluding hydrogens is 402 g/mol. The van der Waals surface area contributed by atoms with Gasteiger partial charge in [-0.3, -0.25) is 19.3 Å². The Morgan fingerprint density at radius 3 is 2.74 bits per heavy atom. The molecule has 9 heteroatoms. The van der Waals surface area contributed by atoms with Crippen molar-refractivity contribution in [3.63, 3.8) is 0 Å². The number of esters is 1. The van der Waals surface area contributed by atoms with Crippen LogP contribution in [0.4, 0.5) is 5.69 Å². The molecule has 164 valence electrons. The number of benzene rings is 1. The van der Waals surface area contributed by atoms with Gasteiger partial charge in [-0.05, 0) is 31.9 Å². The van der Waals surface area contributed by atoms with Gasteiger partial charge in [0.25, 0.3) is 11.8 Å². The van der Waals surface area contributed by atoms with Crippen LogP contribution in [0.15, 0.2) is 24.3 Å². The van der Waals surface area contributed by atoms with Crippen molar-refractivity contribution in [3.8, 4) is 0 Å². The zero-order chi connectivity index (χ0) is 21.8. The van der Waals surface area contributed by atoms with Crippen LogP contribution in [0.2, 0.25) is 0 Å². The normalized spacial score (nSPS) is 27.8. The molecule has 1 aliphatic carbocycles. The van der Waals surface area contributed by atoms with E-state index in [-0.39, 0.29) is 42.7 Å². The number of hydrogen-bond acceptors (Lipinski definition) is 6. The molecule has 3 heterocycles. The molecule has 9 nitrogen and oxygen atoms in total. The van der Waals surface area contributed by atoms with E-state index in [0.29, 0.717) is 30.9 Å². The summed E-state index contributed by atoms with van der Waals surface area (Å²) in [5, 5.41) is 0. The first kappa shape index (κ1) is 20.0. The molecule has 0 bridgehead atoms. The Morgan fingerprint density at radius 1 is 1.23 bits per heavy atom. The Balaban J connectivity index is 1.44. The van der Waals surface area contributed by atoms with Crippen molar-refractivity contribution in [2.75, 3.05) is 31.2 Å². The van der Waals surface area contributed by atoms with E-state index in [1.54, 1.807) is 29.2 Å². The lowest BCUT2D eigenvalue weighted by molar-refractivity contribution is -0.164. The Morgan fingerprint density at radius 2 is 2.00 bits per heavy atom. The minimum Gasteiger partial charge on any atom is -0.452 e. The van der Waals surface area contributed by atoms with Crippen LogP contribution in [-0.2, 0) is 23.9 Å². The Kier molecular flexibility index (Phi) is 4.73. The van der Waals surface area contributed by atoms with Crippen molar-refractivity contribution in [1.82, 2.24) is 9.80 Å². The average Bonchev–Trinajstić information content (AvgIpc) is 3.54. The molecular formula is C22H25N3O6. The molecule has 2 unspecified atom stereocenters. The van der Waals surface area contributed by atoms with Crippen molar-refractivity contribution >= 4 is 29.4 Å². The molecule has 0 radical (unpaired) electrons. The van der Waals surface area contributed by atoms with E-state index in [1.807, 2.05) is 6.92 Å². The Hall–Kier alpha value is -2.94. The summed E-state index contributed by atoms with van der Waals surface area (Å²) in [6.07, 6.45) is 1.76. The summed E-state index contributed by atoms with van der Waals surface area (Å²) in [7, 11) is 0. The molecule has 3 amide bonds. The molecule has 0 aromatic heterocycles. The largest absolute Gasteiger partial charge is 0.452 e. The molecule has 1 aromatic rings. The van der Waals surface area contributed by atoms with E-state index in [9.17, 15) is 19.2 Å². The fourth-order valence-corrected chi connectivity index (χ4v) is 4.89. The maximum atomic E-state index is 13.5. The highest BCUT2D eigenvalue weighted by Gasteiger charge is 2.64. The first-order chi connectivity index (χ1) is 14.9. The maximum Gasteiger partial charge on any atom is 0.354 e. The number of carbonyl (C=O) groups excluding carboxylic acids is 4. The number of hydrogen-bond donors (Lipinski definition) is 0. The molecule has 1 saturated carbocycles. The third kappa shape index (κ3) is 3.10. The number of nitrogens with zero attached hydrogens (tertiary/aromatic N) is 3. The van der Waals surface area contributed by atoms with Crippen molar-refractivity contribution in [3.05, 3.63) is 29.8 Å². The minimum atomic E-state index is -1.53. The Bertz CT molecular complexity index is 960. The van der Waals surface area contributed by atoms with E-state index in [1.165, 1.54) is 9.80 Å². The molecule has 2 saturated heterocycles. The van der Waals surface area contributed by atoms with Gasteiger partial charge in [0.1, 0.15) is 0 Å². The first-order valence-corrected chi connectivity index (χ1v) is 10.8. The quantitative estimate of drug-likeness (QED) is 0.663. The number of morpholine rings is 1. The van der Waals surface area contributed by atoms with Crippen LogP contribution >= 0.6 is 0 Å². The van der Waals surface area contributed by atoms with Crippen LogP contribution in [0.1, 0.15) is 43.0 Å². The fourth-order valence-electron chi connectivity index (χ4n) is 4.89. The predicted molar refractivity (Wildman–Crippen MR) is 108 cm³/mol. The number of anilines is 1. The number of amides is 3. The highest BCUT2D eigenvalue weighted by Crippen LogP contribution is 2.49. The van der Waals surface area contributed by atoms with Crippen LogP contribution in [0.5, 0.6) is 0 Å². The smallest absolute Gasteiger partial charge is 0.354 e. The molecule has 3 fully saturated rings. The van der Waals surface area contributed by atoms with E-state index in [0.717, 1.165) is 12.8 Å². The number of carbonyl (C=O) groups is 4. The second-order valence-electron chi connectivity index (χ2n) is 8.57. The van der Waals surface area contributed by atoms with E-state index in [4.69, 9.17) is 9.47 Å². The lowest BCUT2D eigenvalue weighted by atomic mass is 9.96. The number of para-hydroxylation sites is 1. The minimum absolute atomic E-state index is 0.0761. The van der Waals surface area contributed by atoms with Crippen LogP contribution in [0.3, 0.4) is 0 Å². The van der Waals surface area contributed by atoms with Crippen molar-refractivity contribution in [2.45, 2.75) is 50.4 Å². The predicted octanol–water partition coefficient (Wildman–Crippen LogP) is 0.918. The van der Waals surface area contributed by atoms with Crippen molar-refractivity contribution in [1.29, 1.82) is 0 Å². The SMILES string of the molecule is CC1CN(C(=O)COC(=O)C23CCC(=O)N2c2ccccc2C(=O)N3C2CC2)CCO1. The van der Waals surface area contributed by atoms with Gasteiger partial charge in [-0.25, -0.2) is 4.79 Å². The Labute approximate surface area is 179 Å². The molecule has 0 spiro atoms. The number of fused-ring (bicyclic) bond motifs is 3. The van der Waals surface area contributed by atoms with Gasteiger partial charge in [-0.1, -0.05) is 12.1 Å². The van der Waals surface area contributed by atoms with Gasteiger partial charge in [0.05, 0.1) is 24.0 Å². The molecule has 5 rings (SSSR count). The van der Waals surface area contributed by atoms with Crippen LogP contribution < -0.4 is 4.90 Å². The van der Waals surface area contributed by atoms with Crippen LogP contribution in [0, 0.1) is 0 Å². The fraction of sp³-hybridized carbons (Fsp3) is 0.545. The monoisotopic (exact) mass is 427 g/mol. The van der Waals surface area contributed by atoms with Crippen LogP contribution in [-0.4, -0.2) is 77.6 Å². The van der Waals surface area contributed by atoms with Crippen LogP contribution in [0.25, 0.3) is 0 Å². The highest BCUT2D eigenvalue weighted by molar-refractivity contribution is 6.15. The molecule has 0 N–H and O–H groups in total. The van der Waals surface area contributed by atoms with Crippen molar-refractivity contribution in [2.24, 2.45) is 0 Å². The summed E-state index contributed by atoms with van der Waals surface area (Å²) in [4.78, 5) is 56.9. The van der Waals surface area contributed by atoms with Crippen molar-refractivity contribution < 1.29 is 28.7 Å². The van der Waals surface area contributed by atoms with E-state index in [2.05, 4.69) is 0 Å². The summed E-state index contributed by atoms with van der Waals surface area (Å²) in [6, 6.07) is 6.73. The summed E-state index contributed by atoms with van der Waals surface area (Å²) in [5.74, 6) is -1.52. The first-order valence-electron chi connectivity index (χ1n) is 10.8. The van der Waals surface area contributed by atoms with Gasteiger partial charge in [0.15, 0.2) is 6.61 Å². The molecule has 31 heavy (non-hydrogen) atoms. The molecule has 1 aromatic carbocycles. The van der Waals surface area contributed by atoms with Gasteiger partial charge in [-0.2, -0.15) is 0 Å². The summed E-state index contributed by atoms with van der Waals surface area (Å²) in [6.45, 7) is 2.77. The lowest BCUT2D eigenvalue weighted by Gasteiger charge is -2.48. The van der Waals surface area contributed by atoms with Gasteiger partial charge in [-0.15, -0.1) is 0 Å². The van der Waals surface area contributed by atoms with Gasteiger partial charge < -0.3 is 19.3 Å². The average molecular weight is 427 g/mol. The zero-order valence-electron chi connectivity index (χ0n) is 17.4.